The van der Waals surface area contributed by atoms with Crippen molar-refractivity contribution in [3.8, 4) is 11.5 Å². The highest BCUT2D eigenvalue weighted by molar-refractivity contribution is 8.26. The van der Waals surface area contributed by atoms with E-state index < -0.39 is 0 Å². The van der Waals surface area contributed by atoms with Crippen LogP contribution in [-0.2, 0) is 11.4 Å². The number of fused-ring (bicyclic) bond motifs is 1. The molecule has 1 fully saturated rings. The summed E-state index contributed by atoms with van der Waals surface area (Å²) in [6.45, 7) is 2.72. The largest absolute Gasteiger partial charge is 0.490 e. The van der Waals surface area contributed by atoms with Crippen LogP contribution in [0.15, 0.2) is 59.5 Å². The van der Waals surface area contributed by atoms with Gasteiger partial charge >= 0.3 is 0 Å². The van der Waals surface area contributed by atoms with Crippen molar-refractivity contribution in [2.45, 2.75) is 13.5 Å². The van der Waals surface area contributed by atoms with Crippen molar-refractivity contribution in [1.82, 2.24) is 4.90 Å². The fourth-order valence-corrected chi connectivity index (χ4v) is 4.79. The average molecular weight is 470 g/mol. The van der Waals surface area contributed by atoms with Gasteiger partial charge in [-0.25, -0.2) is 0 Å². The summed E-state index contributed by atoms with van der Waals surface area (Å²) in [5, 5.41) is 2.71. The second-order valence-corrected chi connectivity index (χ2v) is 9.01. The quantitative estimate of drug-likeness (QED) is 0.313. The molecule has 1 aliphatic heterocycles. The summed E-state index contributed by atoms with van der Waals surface area (Å²) in [5.41, 5.74) is 1.81. The topological polar surface area (TPSA) is 38.8 Å². The Labute approximate surface area is 195 Å². The van der Waals surface area contributed by atoms with Gasteiger partial charge in [-0.2, -0.15) is 0 Å². The lowest BCUT2D eigenvalue weighted by atomic mass is 10.1. The monoisotopic (exact) mass is 469 g/mol. The van der Waals surface area contributed by atoms with Gasteiger partial charge in [-0.3, -0.25) is 9.69 Å². The maximum absolute atomic E-state index is 12.3. The molecular weight excluding hydrogens is 450 g/mol. The molecule has 0 radical (unpaired) electrons. The molecule has 0 bridgehead atoms. The molecule has 158 valence electrons. The van der Waals surface area contributed by atoms with Crippen LogP contribution in [0.1, 0.15) is 18.1 Å². The van der Waals surface area contributed by atoms with Gasteiger partial charge in [0.25, 0.3) is 5.91 Å². The first-order valence-corrected chi connectivity index (χ1v) is 11.4. The summed E-state index contributed by atoms with van der Waals surface area (Å²) in [5.74, 6) is 0.894. The minimum atomic E-state index is -0.125. The van der Waals surface area contributed by atoms with Crippen molar-refractivity contribution in [2.75, 3.05) is 13.7 Å². The fourth-order valence-electron chi connectivity index (χ4n) is 3.34. The van der Waals surface area contributed by atoms with E-state index in [1.807, 2.05) is 37.3 Å². The predicted octanol–water partition coefficient (Wildman–Crippen LogP) is 6.30. The highest BCUT2D eigenvalue weighted by atomic mass is 35.5. The van der Waals surface area contributed by atoms with Crippen LogP contribution < -0.4 is 9.47 Å². The van der Waals surface area contributed by atoms with Crippen LogP contribution in [0, 0.1) is 0 Å². The number of likely N-dealkylation sites (N-methyl/N-ethyl adjacent to an activating group) is 1. The summed E-state index contributed by atoms with van der Waals surface area (Å²) in [6, 6.07) is 17.9. The van der Waals surface area contributed by atoms with E-state index in [1.165, 1.54) is 16.7 Å². The van der Waals surface area contributed by atoms with E-state index in [0.717, 1.165) is 21.9 Å². The molecule has 1 amide bonds. The number of ether oxygens (including phenoxy) is 2. The van der Waals surface area contributed by atoms with E-state index in [9.17, 15) is 4.79 Å². The van der Waals surface area contributed by atoms with E-state index in [4.69, 9.17) is 33.3 Å². The van der Waals surface area contributed by atoms with Crippen molar-refractivity contribution in [3.05, 3.63) is 75.7 Å². The van der Waals surface area contributed by atoms with Gasteiger partial charge in [-0.1, -0.05) is 78.0 Å². The number of carbonyl (C=O) groups excluding carboxylic acids is 1. The number of amides is 1. The lowest BCUT2D eigenvalue weighted by Crippen LogP contribution is -2.22. The molecule has 1 heterocycles. The van der Waals surface area contributed by atoms with Gasteiger partial charge in [0, 0.05) is 7.05 Å². The molecule has 0 N–H and O–H groups in total. The Morgan fingerprint density at radius 3 is 2.65 bits per heavy atom. The SMILES string of the molecule is CCOc1cc(C=C2SC(=S)N(C)C2=O)cc(Cl)c1OCc1cccc2ccccc12. The number of carbonyl (C=O) groups is 1. The zero-order valence-corrected chi connectivity index (χ0v) is 19.4. The molecule has 3 aromatic rings. The Morgan fingerprint density at radius 2 is 1.90 bits per heavy atom. The molecule has 4 rings (SSSR count). The number of rotatable bonds is 6. The third kappa shape index (κ3) is 4.56. The molecule has 0 aromatic heterocycles. The van der Waals surface area contributed by atoms with E-state index in [0.29, 0.717) is 39.0 Å². The molecule has 0 atom stereocenters. The first-order valence-electron chi connectivity index (χ1n) is 9.75. The van der Waals surface area contributed by atoms with E-state index >= 15 is 0 Å². The average Bonchev–Trinajstić information content (AvgIpc) is 3.00. The summed E-state index contributed by atoms with van der Waals surface area (Å²) in [7, 11) is 1.67. The van der Waals surface area contributed by atoms with Gasteiger partial charge in [-0.15, -0.1) is 0 Å². The minimum Gasteiger partial charge on any atom is -0.490 e. The number of hydrogen-bond acceptors (Lipinski definition) is 5. The molecule has 4 nitrogen and oxygen atoms in total. The molecule has 0 saturated carbocycles. The summed E-state index contributed by atoms with van der Waals surface area (Å²) in [4.78, 5) is 14.3. The van der Waals surface area contributed by atoms with Crippen molar-refractivity contribution < 1.29 is 14.3 Å². The number of thioether (sulfide) groups is 1. The smallest absolute Gasteiger partial charge is 0.265 e. The van der Waals surface area contributed by atoms with Crippen molar-refractivity contribution in [2.24, 2.45) is 0 Å². The molecule has 0 spiro atoms. The van der Waals surface area contributed by atoms with Crippen molar-refractivity contribution in [3.63, 3.8) is 0 Å². The Bertz CT molecular complexity index is 1200. The second kappa shape index (κ2) is 9.30. The van der Waals surface area contributed by atoms with Crippen LogP contribution in [0.5, 0.6) is 11.5 Å². The van der Waals surface area contributed by atoms with Gasteiger partial charge in [0.05, 0.1) is 16.5 Å². The summed E-state index contributed by atoms with van der Waals surface area (Å²) < 4.78 is 12.4. The molecular formula is C24H20ClNO3S2. The predicted molar refractivity (Wildman–Crippen MR) is 132 cm³/mol. The lowest BCUT2D eigenvalue weighted by molar-refractivity contribution is -0.121. The third-order valence-corrected chi connectivity index (χ3v) is 6.63. The minimum absolute atomic E-state index is 0.125. The third-order valence-electron chi connectivity index (χ3n) is 4.87. The zero-order chi connectivity index (χ0) is 22.0. The lowest BCUT2D eigenvalue weighted by Gasteiger charge is -2.15. The molecule has 3 aromatic carbocycles. The standard InChI is InChI=1S/C24H20ClNO3S2/c1-3-28-20-12-15(13-21-23(27)26(2)24(30)31-21)11-19(25)22(20)29-14-17-9-6-8-16-7-4-5-10-18(16)17/h4-13H,3,14H2,1-2H3. The number of benzene rings is 3. The van der Waals surface area contributed by atoms with Crippen LogP contribution in [0.25, 0.3) is 16.8 Å². The number of thiocarbonyl (C=S) groups is 1. The molecule has 0 aliphatic carbocycles. The summed E-state index contributed by atoms with van der Waals surface area (Å²) in [6.07, 6.45) is 1.77. The summed E-state index contributed by atoms with van der Waals surface area (Å²) >= 11 is 13.0. The number of halogens is 1. The maximum Gasteiger partial charge on any atom is 0.265 e. The molecule has 1 aliphatic rings. The first kappa shape index (κ1) is 21.7. The number of hydrogen-bond donors (Lipinski definition) is 0. The molecule has 31 heavy (non-hydrogen) atoms. The van der Waals surface area contributed by atoms with Gasteiger partial charge in [0.15, 0.2) is 11.5 Å². The van der Waals surface area contributed by atoms with E-state index in [2.05, 4.69) is 18.2 Å². The number of nitrogens with zero attached hydrogens (tertiary/aromatic N) is 1. The van der Waals surface area contributed by atoms with Gasteiger partial charge in [-0.05, 0) is 47.0 Å². The Balaban J connectivity index is 1.64. The molecule has 1 saturated heterocycles. The Hall–Kier alpha value is -2.54. The van der Waals surface area contributed by atoms with E-state index in [-0.39, 0.29) is 5.91 Å². The van der Waals surface area contributed by atoms with Gasteiger partial charge in [0.2, 0.25) is 0 Å². The second-order valence-electron chi connectivity index (χ2n) is 6.93. The Morgan fingerprint density at radius 1 is 1.13 bits per heavy atom. The van der Waals surface area contributed by atoms with Gasteiger partial charge in [0.1, 0.15) is 10.9 Å². The first-order chi connectivity index (χ1) is 15.0. The molecule has 7 heteroatoms. The highest BCUT2D eigenvalue weighted by Crippen LogP contribution is 2.39. The van der Waals surface area contributed by atoms with Crippen LogP contribution >= 0.6 is 35.6 Å². The Kier molecular flexibility index (Phi) is 6.51. The van der Waals surface area contributed by atoms with Crippen molar-refractivity contribution >= 4 is 62.7 Å². The van der Waals surface area contributed by atoms with Gasteiger partial charge < -0.3 is 9.47 Å². The highest BCUT2D eigenvalue weighted by Gasteiger charge is 2.28. The zero-order valence-electron chi connectivity index (χ0n) is 17.1. The van der Waals surface area contributed by atoms with Crippen LogP contribution in [0.2, 0.25) is 5.02 Å². The van der Waals surface area contributed by atoms with Crippen LogP contribution in [-0.4, -0.2) is 28.8 Å². The van der Waals surface area contributed by atoms with Crippen LogP contribution in [0.3, 0.4) is 0 Å². The maximum atomic E-state index is 12.3. The molecule has 0 unspecified atom stereocenters. The fraction of sp³-hybridized carbons (Fsp3) is 0.167. The van der Waals surface area contributed by atoms with Crippen molar-refractivity contribution in [1.29, 1.82) is 0 Å². The van der Waals surface area contributed by atoms with Crippen LogP contribution in [0.4, 0.5) is 0 Å². The van der Waals surface area contributed by atoms with E-state index in [1.54, 1.807) is 19.2 Å². The normalized spacial score (nSPS) is 15.2.